The quantitative estimate of drug-likeness (QED) is 0.160. The number of rotatable bonds is 5. The lowest BCUT2D eigenvalue weighted by Crippen LogP contribution is -2.03. The van der Waals surface area contributed by atoms with Gasteiger partial charge in [0.15, 0.2) is 0 Å². The van der Waals surface area contributed by atoms with Gasteiger partial charge in [-0.3, -0.25) is 9.13 Å². The van der Waals surface area contributed by atoms with E-state index in [4.69, 9.17) is 28.8 Å². The lowest BCUT2D eigenvalue weighted by atomic mass is 9.92. The van der Waals surface area contributed by atoms with E-state index in [9.17, 15) is 0 Å². The molecule has 0 aliphatic heterocycles. The summed E-state index contributed by atoms with van der Waals surface area (Å²) >= 11 is 1.73. The van der Waals surface area contributed by atoms with Crippen molar-refractivity contribution in [1.29, 1.82) is 0 Å². The molecule has 7 heterocycles. The maximum absolute atomic E-state index is 6.50. The second kappa shape index (κ2) is 20.8. The second-order valence-corrected chi connectivity index (χ2v) is 26.2. The third-order valence-corrected chi connectivity index (χ3v) is 20.9. The summed E-state index contributed by atoms with van der Waals surface area (Å²) in [5, 5.41) is 23.4. The lowest BCUT2D eigenvalue weighted by Gasteiger charge is -2.13. The highest BCUT2D eigenvalue weighted by Gasteiger charge is 2.25. The van der Waals surface area contributed by atoms with Crippen LogP contribution >= 0.6 is 11.3 Å². The normalized spacial score (nSPS) is 12.1. The summed E-state index contributed by atoms with van der Waals surface area (Å²) in [7, 11) is 0. The molecule has 0 fully saturated rings. The topological polar surface area (TPSA) is 87.7 Å². The Morgan fingerprint density at radius 3 is 1.33 bits per heavy atom. The molecule has 0 saturated heterocycles. The average Bonchev–Trinajstić information content (AvgIpc) is 1.65. The van der Waals surface area contributed by atoms with E-state index in [-0.39, 0.29) is 0 Å². The van der Waals surface area contributed by atoms with Gasteiger partial charge in [0.05, 0.1) is 38.8 Å². The minimum atomic E-state index is 0.575. The van der Waals surface area contributed by atoms with E-state index in [2.05, 4.69) is 282 Å². The van der Waals surface area contributed by atoms with Crippen LogP contribution in [0, 0.1) is 0 Å². The highest BCUT2D eigenvalue weighted by molar-refractivity contribution is 7.25. The number of aromatic nitrogens is 6. The number of hydrogen-bond donors (Lipinski definition) is 0. The largest absolute Gasteiger partial charge is 0.456 e. The Morgan fingerprint density at radius 2 is 0.691 bits per heavy atom. The Morgan fingerprint density at radius 1 is 0.247 bits per heavy atom. The molecule has 0 amide bonds. The maximum atomic E-state index is 6.50. The molecule has 7 aromatic heterocycles. The lowest BCUT2D eigenvalue weighted by molar-refractivity contribution is 0.651. The minimum absolute atomic E-state index is 0.575. The van der Waals surface area contributed by atoms with Crippen LogP contribution in [0.4, 0.5) is 0 Å². The minimum Gasteiger partial charge on any atom is -0.456 e. The predicted molar refractivity (Wildman–Crippen MR) is 404 cm³/mol. The third-order valence-electron chi connectivity index (χ3n) is 19.8. The Bertz CT molecular complexity index is 7060. The van der Waals surface area contributed by atoms with E-state index in [0.29, 0.717) is 17.6 Å². The first-order valence-corrected chi connectivity index (χ1v) is 33.5. The van der Waals surface area contributed by atoms with Gasteiger partial charge in [0, 0.05) is 64.3 Å². The molecule has 0 N–H and O–H groups in total. The van der Waals surface area contributed by atoms with Crippen LogP contribution in [-0.2, 0) is 0 Å². The van der Waals surface area contributed by atoms with Crippen LogP contribution in [0.3, 0.4) is 0 Å². The van der Waals surface area contributed by atoms with E-state index in [1.165, 1.54) is 74.7 Å². The number of thiophene rings is 1. The Balaban J connectivity index is 0.000000128. The zero-order valence-electron chi connectivity index (χ0n) is 51.8. The smallest absolute Gasteiger partial charge is 0.238 e. The number of hydrogen-bond acceptors (Lipinski definition) is 7. The molecule has 0 aliphatic rings. The predicted octanol–water partition coefficient (Wildman–Crippen LogP) is 24.1. The van der Waals surface area contributed by atoms with Crippen molar-refractivity contribution in [2.45, 2.75) is 0 Å². The molecule has 0 aliphatic carbocycles. The van der Waals surface area contributed by atoms with Crippen molar-refractivity contribution in [1.82, 2.24) is 29.1 Å². The van der Waals surface area contributed by atoms with E-state index in [1.807, 2.05) is 30.3 Å². The van der Waals surface area contributed by atoms with Crippen LogP contribution in [-0.4, -0.2) is 29.1 Å². The van der Waals surface area contributed by atoms with E-state index in [0.717, 1.165) is 115 Å². The van der Waals surface area contributed by atoms with Gasteiger partial charge in [0.2, 0.25) is 17.6 Å². The van der Waals surface area contributed by atoms with Crippen molar-refractivity contribution < 1.29 is 8.83 Å². The van der Waals surface area contributed by atoms with Crippen molar-refractivity contribution in [3.05, 3.63) is 303 Å². The number of benzene rings is 15. The van der Waals surface area contributed by atoms with Gasteiger partial charge >= 0.3 is 0 Å². The fourth-order valence-electron chi connectivity index (χ4n) is 15.4. The summed E-state index contributed by atoms with van der Waals surface area (Å²) in [5.74, 6) is 1.26. The van der Waals surface area contributed by atoms with Gasteiger partial charge in [-0.25, -0.2) is 15.0 Å². The Labute approximate surface area is 556 Å². The zero-order chi connectivity index (χ0) is 63.4. The number of nitrogens with zero attached hydrogens (tertiary/aromatic N) is 6. The van der Waals surface area contributed by atoms with E-state index < -0.39 is 0 Å². The molecule has 9 heteroatoms. The molecule has 15 aromatic carbocycles. The number of para-hydroxylation sites is 4. The van der Waals surface area contributed by atoms with Crippen LogP contribution in [0.1, 0.15) is 0 Å². The third kappa shape index (κ3) is 8.22. The van der Waals surface area contributed by atoms with Gasteiger partial charge in [0.25, 0.3) is 0 Å². The first-order chi connectivity index (χ1) is 48.1. The van der Waals surface area contributed by atoms with Crippen molar-refractivity contribution in [3.63, 3.8) is 0 Å². The number of furan rings is 2. The first kappa shape index (κ1) is 53.7. The molecule has 97 heavy (non-hydrogen) atoms. The molecule has 0 radical (unpaired) electrons. The highest BCUT2D eigenvalue weighted by atomic mass is 32.1. The second-order valence-electron chi connectivity index (χ2n) is 25.2. The Kier molecular flexibility index (Phi) is 11.5. The van der Waals surface area contributed by atoms with Crippen molar-refractivity contribution in [3.8, 4) is 45.5 Å². The molecule has 0 atom stereocenters. The van der Waals surface area contributed by atoms with Crippen LogP contribution in [0.5, 0.6) is 0 Å². The molecule has 450 valence electrons. The molecule has 8 nitrogen and oxygen atoms in total. The van der Waals surface area contributed by atoms with Gasteiger partial charge in [0.1, 0.15) is 21.6 Å². The van der Waals surface area contributed by atoms with Crippen LogP contribution in [0.25, 0.3) is 207 Å². The van der Waals surface area contributed by atoms with Crippen molar-refractivity contribution in [2.24, 2.45) is 0 Å². The summed E-state index contributed by atoms with van der Waals surface area (Å²) in [4.78, 5) is 22.3. The van der Waals surface area contributed by atoms with Gasteiger partial charge in [-0.2, -0.15) is 4.98 Å². The average molecular weight is 1260 g/mol. The number of fused-ring (bicyclic) bond motifs is 23. The molecule has 22 rings (SSSR count). The molecule has 22 aromatic rings. The molecule has 0 spiro atoms. The van der Waals surface area contributed by atoms with Crippen molar-refractivity contribution >= 4 is 173 Å². The molecular weight excluding hydrogens is 1210 g/mol. The van der Waals surface area contributed by atoms with Gasteiger partial charge in [-0.15, -0.1) is 11.3 Å². The van der Waals surface area contributed by atoms with E-state index in [1.54, 1.807) is 11.3 Å². The summed E-state index contributed by atoms with van der Waals surface area (Å²) in [6.07, 6.45) is 0. The zero-order valence-corrected chi connectivity index (χ0v) is 52.6. The SMILES string of the molecule is c1ccc(-c2nc(-n3c4ccccc4c4cc5ccccc5cc43)nc3sc4cc(-c5ccc6oc7ccccc7c6c5)ccc4c23)cc1.c1ccc2cc3c(cc2c1)c1ccccc1n3-c1nc(-c2ccc3c4ccccc4c4ccccc4c3c2)c2c(n1)oc1ccccc12. The van der Waals surface area contributed by atoms with Crippen LogP contribution < -0.4 is 0 Å². The summed E-state index contributed by atoms with van der Waals surface area (Å²) in [6.45, 7) is 0. The summed E-state index contributed by atoms with van der Waals surface area (Å²) < 4.78 is 18.2. The maximum Gasteiger partial charge on any atom is 0.238 e. The fourth-order valence-corrected chi connectivity index (χ4v) is 16.5. The molecule has 0 saturated carbocycles. The van der Waals surface area contributed by atoms with Gasteiger partial charge < -0.3 is 8.83 Å². The fraction of sp³-hybridized carbons (Fsp3) is 0. The van der Waals surface area contributed by atoms with Gasteiger partial charge in [-0.05, 0) is 138 Å². The van der Waals surface area contributed by atoms with Crippen LogP contribution in [0.15, 0.2) is 312 Å². The Hall–Kier alpha value is -12.8. The summed E-state index contributed by atoms with van der Waals surface area (Å²) in [5.41, 5.74) is 13.7. The van der Waals surface area contributed by atoms with Crippen molar-refractivity contribution in [2.75, 3.05) is 0 Å². The van der Waals surface area contributed by atoms with E-state index >= 15 is 0 Å². The molecule has 0 unspecified atom stereocenters. The standard InChI is InChI=1S/C44H25N3OS.C44H25N3O/c1-2-10-26(11-3-1)42-41-33-20-18-30(29-19-21-39-35(23-29)32-15-7-9-17-38(32)48-39)25-40(33)49-43(41)46-44(45-42)47-36-16-8-6-14-31(36)34-22-27-12-4-5-13-28(27)24-37(34)47;1-2-12-27-25-39-37(23-26(27)11-1)34-17-7-9-19-38(34)47(39)44-45-42(41-35-18-8-10-20-40(35)48-43(41)46-44)28-21-22-33-31-15-4-3-13-29(31)30-14-5-6-16-32(30)36(33)24-28/h1-25H;1-25H. The van der Waals surface area contributed by atoms with Gasteiger partial charge in [-0.1, -0.05) is 231 Å². The molecular formula is C88H50N6O2S. The first-order valence-electron chi connectivity index (χ1n) is 32.7. The molecule has 0 bridgehead atoms. The van der Waals surface area contributed by atoms with Crippen LogP contribution in [0.2, 0.25) is 0 Å². The highest BCUT2D eigenvalue weighted by Crippen LogP contribution is 2.45. The monoisotopic (exact) mass is 1250 g/mol. The summed E-state index contributed by atoms with van der Waals surface area (Å²) in [6, 6.07) is 108.